The van der Waals surface area contributed by atoms with Crippen LogP contribution in [0, 0.1) is 5.21 Å². The number of para-hydroxylation sites is 1. The molecule has 1 aliphatic rings. The van der Waals surface area contributed by atoms with E-state index in [1.165, 1.54) is 6.07 Å². The molecule has 2 aromatic carbocycles. The van der Waals surface area contributed by atoms with E-state index in [4.69, 9.17) is 9.47 Å². The van der Waals surface area contributed by atoms with Crippen LogP contribution in [0.25, 0.3) is 0 Å². The van der Waals surface area contributed by atoms with E-state index in [9.17, 15) is 15.2 Å². The molecule has 138 valence electrons. The number of rotatable bonds is 4. The minimum Gasteiger partial charge on any atom is -0.595 e. The summed E-state index contributed by atoms with van der Waals surface area (Å²) in [7, 11) is 3.17. The predicted molar refractivity (Wildman–Crippen MR) is 94.9 cm³/mol. The summed E-state index contributed by atoms with van der Waals surface area (Å²) in [4.78, 5) is 14.7. The molecule has 1 aliphatic heterocycles. The molecule has 7 heteroatoms. The molecule has 1 amide bonds. The molecule has 2 atom stereocenters. The summed E-state index contributed by atoms with van der Waals surface area (Å²) in [5, 5.41) is 19.7. The second-order valence-electron chi connectivity index (χ2n) is 6.18. The summed E-state index contributed by atoms with van der Waals surface area (Å²) < 4.78 is 10.7. The van der Waals surface area contributed by atoms with Gasteiger partial charge in [-0.1, -0.05) is 12.1 Å². The molecule has 0 fully saturated rings. The van der Waals surface area contributed by atoms with Crippen LogP contribution in [0.15, 0.2) is 36.4 Å². The van der Waals surface area contributed by atoms with Gasteiger partial charge in [0, 0.05) is 12.6 Å². The van der Waals surface area contributed by atoms with Gasteiger partial charge in [0.05, 0.1) is 20.3 Å². The number of hydrogen-bond acceptors (Lipinski definition) is 5. The van der Waals surface area contributed by atoms with Gasteiger partial charge < -0.3 is 19.6 Å². The Balaban J connectivity index is 1.97. The summed E-state index contributed by atoms with van der Waals surface area (Å²) in [5.74, 6) is 0.990. The lowest BCUT2D eigenvalue weighted by molar-refractivity contribution is -0.991. The highest BCUT2D eigenvalue weighted by Gasteiger charge is 2.31. The van der Waals surface area contributed by atoms with E-state index < -0.39 is 5.23 Å². The van der Waals surface area contributed by atoms with Crippen molar-refractivity contribution in [1.29, 1.82) is 0 Å². The van der Waals surface area contributed by atoms with Crippen molar-refractivity contribution in [3.05, 3.63) is 58.3 Å². The topological polar surface area (TPSA) is 86.5 Å². The van der Waals surface area contributed by atoms with Gasteiger partial charge in [0.25, 0.3) is 5.91 Å². The lowest BCUT2D eigenvalue weighted by Gasteiger charge is -2.36. The van der Waals surface area contributed by atoms with Crippen molar-refractivity contribution in [3.63, 3.8) is 0 Å². The fourth-order valence-electron chi connectivity index (χ4n) is 3.43. The van der Waals surface area contributed by atoms with Gasteiger partial charge in [-0.15, -0.1) is 0 Å². The summed E-state index contributed by atoms with van der Waals surface area (Å²) in [6.45, 7) is 2.45. The Morgan fingerprint density at radius 1 is 1.23 bits per heavy atom. The van der Waals surface area contributed by atoms with Gasteiger partial charge in [-0.3, -0.25) is 4.79 Å². The molecule has 0 saturated heterocycles. The SMILES string of the molecule is COc1cc2c(cc1OC)C(C)N(C(=O)c1ccccc1[NH+]([O-])O)CC2. The molecule has 2 aromatic rings. The number of methoxy groups -OCH3 is 2. The molecular formula is C19H22N2O5. The summed E-state index contributed by atoms with van der Waals surface area (Å²) >= 11 is 0. The Kier molecular flexibility index (Phi) is 5.13. The van der Waals surface area contributed by atoms with Crippen LogP contribution >= 0.6 is 0 Å². The van der Waals surface area contributed by atoms with Crippen LogP contribution < -0.4 is 14.7 Å². The van der Waals surface area contributed by atoms with Gasteiger partial charge >= 0.3 is 0 Å². The molecule has 7 nitrogen and oxygen atoms in total. The number of benzene rings is 2. The smallest absolute Gasteiger partial charge is 0.260 e. The molecule has 0 saturated carbocycles. The third-order valence-electron chi connectivity index (χ3n) is 4.83. The minimum absolute atomic E-state index is 0.0165. The minimum atomic E-state index is -1.11. The van der Waals surface area contributed by atoms with E-state index in [-0.39, 0.29) is 23.2 Å². The number of fused-ring (bicyclic) bond motifs is 1. The van der Waals surface area contributed by atoms with E-state index in [1.54, 1.807) is 37.3 Å². The quantitative estimate of drug-likeness (QED) is 0.815. The highest BCUT2D eigenvalue weighted by molar-refractivity contribution is 5.98. The molecule has 2 N–H and O–H groups in total. The predicted octanol–water partition coefficient (Wildman–Crippen LogP) is 1.87. The maximum absolute atomic E-state index is 13.0. The fraction of sp³-hybridized carbons (Fsp3) is 0.316. The Labute approximate surface area is 151 Å². The first kappa shape index (κ1) is 18.2. The van der Waals surface area contributed by atoms with Crippen LogP contribution in [-0.2, 0) is 6.42 Å². The first-order valence-electron chi connectivity index (χ1n) is 8.36. The zero-order valence-electron chi connectivity index (χ0n) is 15.0. The maximum atomic E-state index is 13.0. The second-order valence-corrected chi connectivity index (χ2v) is 6.18. The summed E-state index contributed by atoms with van der Waals surface area (Å²) in [6.07, 6.45) is 0.668. The van der Waals surface area contributed by atoms with Crippen LogP contribution in [0.4, 0.5) is 5.69 Å². The average Bonchev–Trinajstić information content (AvgIpc) is 2.66. The number of hydrogen-bond donors (Lipinski definition) is 2. The fourth-order valence-corrected chi connectivity index (χ4v) is 3.43. The van der Waals surface area contributed by atoms with E-state index in [0.29, 0.717) is 24.5 Å². The standard InChI is InChI=1S/C19H22N2O5/c1-12-15-11-18(26-3)17(25-2)10-13(15)8-9-20(12)19(22)14-6-4-5-7-16(14)21(23)24/h4-7,10-12,21,23H,8-9H2,1-3H3. The van der Waals surface area contributed by atoms with Gasteiger partial charge in [0.2, 0.25) is 0 Å². The van der Waals surface area contributed by atoms with Crippen molar-refractivity contribution >= 4 is 11.6 Å². The van der Waals surface area contributed by atoms with E-state index in [1.807, 2.05) is 19.1 Å². The lowest BCUT2D eigenvalue weighted by Crippen LogP contribution is -2.99. The number of amides is 1. The van der Waals surface area contributed by atoms with E-state index in [0.717, 1.165) is 11.1 Å². The van der Waals surface area contributed by atoms with E-state index in [2.05, 4.69) is 0 Å². The number of nitrogens with one attached hydrogen (secondary N) is 1. The number of nitrogens with zero attached hydrogens (tertiary/aromatic N) is 1. The average molecular weight is 358 g/mol. The van der Waals surface area contributed by atoms with Crippen LogP contribution in [0.3, 0.4) is 0 Å². The van der Waals surface area contributed by atoms with E-state index >= 15 is 0 Å². The Bertz CT molecular complexity index is 822. The lowest BCUT2D eigenvalue weighted by atomic mass is 9.92. The molecule has 3 rings (SSSR count). The first-order chi connectivity index (χ1) is 12.5. The normalized spacial score (nSPS) is 17.4. The molecule has 0 spiro atoms. The molecule has 0 aromatic heterocycles. The van der Waals surface area contributed by atoms with Gasteiger partial charge in [-0.05, 0) is 42.7 Å². The number of carbonyl (C=O) groups excluding carboxylic acids is 1. The van der Waals surface area contributed by atoms with Crippen LogP contribution in [0.2, 0.25) is 0 Å². The largest absolute Gasteiger partial charge is 0.595 e. The third-order valence-corrected chi connectivity index (χ3v) is 4.83. The van der Waals surface area contributed by atoms with Gasteiger partial charge in [0.15, 0.2) is 17.2 Å². The third kappa shape index (κ3) is 3.12. The first-order valence-corrected chi connectivity index (χ1v) is 8.36. The molecule has 2 unspecified atom stereocenters. The molecular weight excluding hydrogens is 336 g/mol. The highest BCUT2D eigenvalue weighted by Crippen LogP contribution is 2.38. The highest BCUT2D eigenvalue weighted by atomic mass is 16.8. The second kappa shape index (κ2) is 7.33. The molecule has 26 heavy (non-hydrogen) atoms. The van der Waals surface area contributed by atoms with Crippen molar-refractivity contribution in [1.82, 2.24) is 4.90 Å². The van der Waals surface area contributed by atoms with Crippen LogP contribution in [0.5, 0.6) is 11.5 Å². The summed E-state index contributed by atoms with van der Waals surface area (Å²) in [5.41, 5.74) is 2.30. The molecule has 0 bridgehead atoms. The van der Waals surface area contributed by atoms with Gasteiger partial charge in [-0.25, -0.2) is 5.21 Å². The number of carbonyl (C=O) groups is 1. The zero-order valence-corrected chi connectivity index (χ0v) is 15.0. The van der Waals surface area contributed by atoms with Crippen molar-refractivity contribution in [2.45, 2.75) is 19.4 Å². The van der Waals surface area contributed by atoms with Crippen molar-refractivity contribution in [2.24, 2.45) is 0 Å². The van der Waals surface area contributed by atoms with Crippen molar-refractivity contribution in [2.75, 3.05) is 20.8 Å². The van der Waals surface area contributed by atoms with Crippen molar-refractivity contribution < 1.29 is 24.7 Å². The van der Waals surface area contributed by atoms with Crippen LogP contribution in [0.1, 0.15) is 34.5 Å². The Hall–Kier alpha value is -2.61. The van der Waals surface area contributed by atoms with Gasteiger partial charge in [0.1, 0.15) is 5.56 Å². The molecule has 1 heterocycles. The van der Waals surface area contributed by atoms with Gasteiger partial charge in [-0.2, -0.15) is 5.23 Å². The van der Waals surface area contributed by atoms with Crippen molar-refractivity contribution in [3.8, 4) is 11.5 Å². The Morgan fingerprint density at radius 3 is 2.54 bits per heavy atom. The molecule has 0 aliphatic carbocycles. The molecule has 0 radical (unpaired) electrons. The summed E-state index contributed by atoms with van der Waals surface area (Å²) in [6, 6.07) is 9.93. The zero-order chi connectivity index (χ0) is 18.8. The number of ether oxygens (including phenoxy) is 2. The Morgan fingerprint density at radius 2 is 1.88 bits per heavy atom. The monoisotopic (exact) mass is 358 g/mol. The van der Waals surface area contributed by atoms with Crippen LogP contribution in [-0.4, -0.2) is 36.8 Å². The maximum Gasteiger partial charge on any atom is 0.260 e. The number of quaternary nitrogens is 1.